The Bertz CT molecular complexity index is 915. The van der Waals surface area contributed by atoms with Gasteiger partial charge in [0.15, 0.2) is 5.78 Å². The summed E-state index contributed by atoms with van der Waals surface area (Å²) in [5.41, 5.74) is 2.16. The molecular formula is C18H12N2O3. The van der Waals surface area contributed by atoms with E-state index < -0.39 is 4.92 Å². The van der Waals surface area contributed by atoms with Crippen LogP contribution in [0.25, 0.3) is 17.0 Å². The lowest BCUT2D eigenvalue weighted by Gasteiger charge is -1.99. The van der Waals surface area contributed by atoms with E-state index in [4.69, 9.17) is 0 Å². The quantitative estimate of drug-likeness (QED) is 0.315. The number of allylic oxidation sites excluding steroid dienone is 1. The minimum Gasteiger partial charge on any atom is -0.289 e. The van der Waals surface area contributed by atoms with Gasteiger partial charge in [0.05, 0.1) is 10.4 Å². The zero-order chi connectivity index (χ0) is 16.2. The Labute approximate surface area is 132 Å². The number of hydrogen-bond acceptors (Lipinski definition) is 4. The second-order valence-electron chi connectivity index (χ2n) is 4.96. The van der Waals surface area contributed by atoms with Crippen molar-refractivity contribution in [2.75, 3.05) is 0 Å². The molecule has 3 aromatic rings. The van der Waals surface area contributed by atoms with E-state index in [1.807, 2.05) is 30.3 Å². The Balaban J connectivity index is 1.80. The lowest BCUT2D eigenvalue weighted by atomic mass is 10.1. The largest absolute Gasteiger partial charge is 0.289 e. The number of aromatic nitrogens is 1. The molecule has 3 rings (SSSR count). The Morgan fingerprint density at radius 1 is 1.09 bits per heavy atom. The lowest BCUT2D eigenvalue weighted by molar-refractivity contribution is -0.384. The van der Waals surface area contributed by atoms with Gasteiger partial charge in [0.25, 0.3) is 5.69 Å². The van der Waals surface area contributed by atoms with Crippen molar-refractivity contribution in [3.63, 3.8) is 0 Å². The molecule has 0 saturated heterocycles. The highest BCUT2D eigenvalue weighted by Crippen LogP contribution is 2.16. The molecule has 112 valence electrons. The van der Waals surface area contributed by atoms with Gasteiger partial charge in [-0.05, 0) is 42.0 Å². The fraction of sp³-hybridized carbons (Fsp3) is 0. The lowest BCUT2D eigenvalue weighted by Crippen LogP contribution is -1.95. The number of pyridine rings is 1. The first-order chi connectivity index (χ1) is 11.1. The van der Waals surface area contributed by atoms with Crippen LogP contribution in [0.15, 0.2) is 66.9 Å². The SMILES string of the molecule is O=C(/C=C/c1ccc2ncccc2c1)c1ccc([N+](=O)[O-])cc1. The Morgan fingerprint density at radius 2 is 1.87 bits per heavy atom. The van der Waals surface area contributed by atoms with Crippen molar-refractivity contribution in [2.24, 2.45) is 0 Å². The number of fused-ring (bicyclic) bond motifs is 1. The van der Waals surface area contributed by atoms with Gasteiger partial charge < -0.3 is 0 Å². The van der Waals surface area contributed by atoms with E-state index in [0.29, 0.717) is 5.56 Å². The molecule has 5 heteroatoms. The maximum Gasteiger partial charge on any atom is 0.269 e. The van der Waals surface area contributed by atoms with Crippen LogP contribution >= 0.6 is 0 Å². The van der Waals surface area contributed by atoms with Crippen LogP contribution in [0.1, 0.15) is 15.9 Å². The van der Waals surface area contributed by atoms with Crippen molar-refractivity contribution in [3.05, 3.63) is 88.1 Å². The third-order valence-corrected chi connectivity index (χ3v) is 3.42. The predicted molar refractivity (Wildman–Crippen MR) is 88.2 cm³/mol. The fourth-order valence-electron chi connectivity index (χ4n) is 2.21. The van der Waals surface area contributed by atoms with Gasteiger partial charge in [-0.2, -0.15) is 0 Å². The van der Waals surface area contributed by atoms with E-state index in [2.05, 4.69) is 4.98 Å². The number of non-ortho nitro benzene ring substituents is 1. The van der Waals surface area contributed by atoms with E-state index in [9.17, 15) is 14.9 Å². The zero-order valence-electron chi connectivity index (χ0n) is 12.0. The van der Waals surface area contributed by atoms with E-state index in [1.54, 1.807) is 12.3 Å². The summed E-state index contributed by atoms with van der Waals surface area (Å²) >= 11 is 0. The molecule has 1 heterocycles. The number of benzene rings is 2. The third kappa shape index (κ3) is 3.29. The van der Waals surface area contributed by atoms with Crippen molar-refractivity contribution in [2.45, 2.75) is 0 Å². The molecule has 0 atom stereocenters. The summed E-state index contributed by atoms with van der Waals surface area (Å²) in [4.78, 5) is 26.4. The number of nitro groups is 1. The molecule has 5 nitrogen and oxygen atoms in total. The van der Waals surface area contributed by atoms with Gasteiger partial charge in [-0.15, -0.1) is 0 Å². The minimum atomic E-state index is -0.493. The van der Waals surface area contributed by atoms with Gasteiger partial charge in [-0.1, -0.05) is 18.2 Å². The molecule has 0 saturated carbocycles. The predicted octanol–water partition coefficient (Wildman–Crippen LogP) is 4.04. The first kappa shape index (κ1) is 14.6. The van der Waals surface area contributed by atoms with Gasteiger partial charge in [-0.25, -0.2) is 0 Å². The number of nitrogens with zero attached hydrogens (tertiary/aromatic N) is 2. The molecule has 0 radical (unpaired) electrons. The van der Waals surface area contributed by atoms with Gasteiger partial charge >= 0.3 is 0 Å². The molecule has 0 bridgehead atoms. The first-order valence-corrected chi connectivity index (χ1v) is 6.95. The van der Waals surface area contributed by atoms with Crippen LogP contribution in [-0.4, -0.2) is 15.7 Å². The average molecular weight is 304 g/mol. The summed E-state index contributed by atoms with van der Waals surface area (Å²) in [5, 5.41) is 11.6. The molecule has 0 aliphatic heterocycles. The molecule has 0 aliphatic rings. The minimum absolute atomic E-state index is 0.0347. The maximum atomic E-state index is 12.1. The van der Waals surface area contributed by atoms with Crippen molar-refractivity contribution in [1.29, 1.82) is 0 Å². The van der Waals surface area contributed by atoms with Crippen LogP contribution in [0.5, 0.6) is 0 Å². The van der Waals surface area contributed by atoms with Crippen LogP contribution in [0, 0.1) is 10.1 Å². The number of hydrogen-bond donors (Lipinski definition) is 0. The summed E-state index contributed by atoms with van der Waals surface area (Å²) in [6.07, 6.45) is 4.91. The summed E-state index contributed by atoms with van der Waals surface area (Å²) in [5.74, 6) is -0.203. The van der Waals surface area contributed by atoms with Gasteiger partial charge in [0.2, 0.25) is 0 Å². The molecule has 1 aromatic heterocycles. The molecule has 2 aromatic carbocycles. The van der Waals surface area contributed by atoms with Gasteiger partial charge in [0.1, 0.15) is 0 Å². The highest BCUT2D eigenvalue weighted by Gasteiger charge is 2.07. The Kier molecular flexibility index (Phi) is 3.93. The monoisotopic (exact) mass is 304 g/mol. The number of carbonyl (C=O) groups is 1. The number of ketones is 1. The highest BCUT2D eigenvalue weighted by atomic mass is 16.6. The molecule has 0 N–H and O–H groups in total. The molecule has 0 aliphatic carbocycles. The van der Waals surface area contributed by atoms with E-state index >= 15 is 0 Å². The number of rotatable bonds is 4. The molecule has 0 unspecified atom stereocenters. The Morgan fingerprint density at radius 3 is 2.61 bits per heavy atom. The average Bonchev–Trinajstić information content (AvgIpc) is 2.59. The summed E-state index contributed by atoms with van der Waals surface area (Å²) in [6.45, 7) is 0. The summed E-state index contributed by atoms with van der Waals surface area (Å²) < 4.78 is 0. The number of carbonyl (C=O) groups excluding carboxylic acids is 1. The normalized spacial score (nSPS) is 11.0. The van der Waals surface area contributed by atoms with Gasteiger partial charge in [-0.3, -0.25) is 19.9 Å². The van der Waals surface area contributed by atoms with E-state index in [-0.39, 0.29) is 11.5 Å². The standard InChI is InChI=1S/C18H12N2O3/c21-18(14-5-7-16(8-6-14)20(22)23)10-4-13-3-9-17-15(12-13)2-1-11-19-17/h1-12H/b10-4+. The topological polar surface area (TPSA) is 73.1 Å². The molecule has 0 spiro atoms. The van der Waals surface area contributed by atoms with Crippen molar-refractivity contribution < 1.29 is 9.72 Å². The highest BCUT2D eigenvalue weighted by molar-refractivity contribution is 6.07. The maximum absolute atomic E-state index is 12.1. The van der Waals surface area contributed by atoms with Crippen molar-refractivity contribution in [3.8, 4) is 0 Å². The Hall–Kier alpha value is -3.34. The zero-order valence-corrected chi connectivity index (χ0v) is 12.0. The van der Waals surface area contributed by atoms with Crippen LogP contribution in [-0.2, 0) is 0 Å². The van der Waals surface area contributed by atoms with Crippen LogP contribution in [0.3, 0.4) is 0 Å². The van der Waals surface area contributed by atoms with Crippen LogP contribution < -0.4 is 0 Å². The van der Waals surface area contributed by atoms with Crippen LogP contribution in [0.4, 0.5) is 5.69 Å². The fourth-order valence-corrected chi connectivity index (χ4v) is 2.21. The summed E-state index contributed by atoms with van der Waals surface area (Å²) in [7, 11) is 0. The van der Waals surface area contributed by atoms with Crippen molar-refractivity contribution in [1.82, 2.24) is 4.98 Å². The van der Waals surface area contributed by atoms with Crippen molar-refractivity contribution >= 4 is 28.4 Å². The van der Waals surface area contributed by atoms with E-state index in [1.165, 1.54) is 30.3 Å². The molecular weight excluding hydrogens is 292 g/mol. The molecule has 0 amide bonds. The van der Waals surface area contributed by atoms with Crippen LogP contribution in [0.2, 0.25) is 0 Å². The van der Waals surface area contributed by atoms with E-state index in [0.717, 1.165) is 16.5 Å². The first-order valence-electron chi connectivity index (χ1n) is 6.95. The smallest absolute Gasteiger partial charge is 0.269 e. The number of nitro benzene ring substituents is 1. The molecule has 0 fully saturated rings. The second kappa shape index (κ2) is 6.19. The second-order valence-corrected chi connectivity index (χ2v) is 4.96. The molecule has 23 heavy (non-hydrogen) atoms. The summed E-state index contributed by atoms with van der Waals surface area (Å²) in [6, 6.07) is 15.1. The van der Waals surface area contributed by atoms with Gasteiger partial charge in [0, 0.05) is 29.3 Å². The third-order valence-electron chi connectivity index (χ3n) is 3.42.